The summed E-state index contributed by atoms with van der Waals surface area (Å²) in [4.78, 5) is 24.1. The number of carbonyl (C=O) groups excluding carboxylic acids is 2. The van der Waals surface area contributed by atoms with Crippen LogP contribution in [0.15, 0.2) is 48.5 Å². The lowest BCUT2D eigenvalue weighted by Gasteiger charge is -2.10. The van der Waals surface area contributed by atoms with Crippen molar-refractivity contribution in [3.63, 3.8) is 0 Å². The molecule has 0 saturated heterocycles. The van der Waals surface area contributed by atoms with Gasteiger partial charge in [0.05, 0.1) is 12.2 Å². The van der Waals surface area contributed by atoms with Crippen LogP contribution in [0.5, 0.6) is 0 Å². The van der Waals surface area contributed by atoms with E-state index < -0.39 is 12.2 Å². The van der Waals surface area contributed by atoms with Crippen LogP contribution < -0.4 is 10.6 Å². The number of aliphatic hydroxyl groups excluding tert-OH is 2. The van der Waals surface area contributed by atoms with Crippen LogP contribution in [-0.2, 0) is 9.59 Å². The average Bonchev–Trinajstić information content (AvgIpc) is 2.65. The second kappa shape index (κ2) is 10.6. The van der Waals surface area contributed by atoms with Crippen molar-refractivity contribution in [2.45, 2.75) is 51.7 Å². The fourth-order valence-corrected chi connectivity index (χ4v) is 2.77. The molecule has 150 valence electrons. The molecule has 4 N–H and O–H groups in total. The van der Waals surface area contributed by atoms with Gasteiger partial charge in [0.25, 0.3) is 0 Å². The molecule has 0 aliphatic rings. The lowest BCUT2D eigenvalue weighted by atomic mass is 10.1. The summed E-state index contributed by atoms with van der Waals surface area (Å²) in [5.41, 5.74) is 2.79. The van der Waals surface area contributed by atoms with Crippen LogP contribution >= 0.6 is 0 Å². The number of hydrogen-bond donors (Lipinski definition) is 4. The van der Waals surface area contributed by atoms with Gasteiger partial charge in [0.2, 0.25) is 11.8 Å². The molecule has 2 aromatic carbocycles. The fourth-order valence-electron chi connectivity index (χ4n) is 2.77. The lowest BCUT2D eigenvalue weighted by Crippen LogP contribution is -2.13. The van der Waals surface area contributed by atoms with E-state index in [0.29, 0.717) is 37.1 Å². The third-order valence-corrected chi connectivity index (χ3v) is 4.36. The van der Waals surface area contributed by atoms with Gasteiger partial charge in [-0.1, -0.05) is 24.3 Å². The number of nitrogens with one attached hydrogen (secondary N) is 2. The Morgan fingerprint density at radius 2 is 1.18 bits per heavy atom. The van der Waals surface area contributed by atoms with Crippen molar-refractivity contribution in [3.05, 3.63) is 59.7 Å². The molecule has 0 heterocycles. The molecule has 0 aromatic heterocycles. The summed E-state index contributed by atoms with van der Waals surface area (Å²) >= 11 is 0. The summed E-state index contributed by atoms with van der Waals surface area (Å²) < 4.78 is 0. The van der Waals surface area contributed by atoms with E-state index in [-0.39, 0.29) is 11.8 Å². The number of benzene rings is 2. The highest BCUT2D eigenvalue weighted by Gasteiger charge is 2.08. The van der Waals surface area contributed by atoms with Crippen LogP contribution in [0.2, 0.25) is 0 Å². The van der Waals surface area contributed by atoms with Crippen LogP contribution in [-0.4, -0.2) is 22.0 Å². The van der Waals surface area contributed by atoms with Crippen LogP contribution in [0.4, 0.5) is 11.4 Å². The van der Waals surface area contributed by atoms with Gasteiger partial charge in [-0.25, -0.2) is 0 Å². The van der Waals surface area contributed by atoms with Crippen molar-refractivity contribution in [3.8, 4) is 0 Å². The highest BCUT2D eigenvalue weighted by Crippen LogP contribution is 2.18. The maximum atomic E-state index is 12.0. The molecule has 6 nitrogen and oxygen atoms in total. The number of rotatable bonds is 9. The summed E-state index contributed by atoms with van der Waals surface area (Å²) in [6.07, 6.45) is 0.674. The summed E-state index contributed by atoms with van der Waals surface area (Å²) in [6, 6.07) is 14.2. The number of unbranched alkanes of at least 4 members (excludes halogenated alkanes) is 1. The minimum absolute atomic E-state index is 0.118. The average molecular weight is 384 g/mol. The van der Waals surface area contributed by atoms with Gasteiger partial charge < -0.3 is 20.8 Å². The Balaban J connectivity index is 1.70. The van der Waals surface area contributed by atoms with Crippen LogP contribution in [0.3, 0.4) is 0 Å². The monoisotopic (exact) mass is 384 g/mol. The van der Waals surface area contributed by atoms with Gasteiger partial charge in [0.1, 0.15) is 0 Å². The number of hydrogen-bond acceptors (Lipinski definition) is 4. The zero-order chi connectivity index (χ0) is 20.5. The van der Waals surface area contributed by atoms with E-state index in [0.717, 1.165) is 11.1 Å². The smallest absolute Gasteiger partial charge is 0.224 e. The molecule has 0 saturated carbocycles. The normalized spacial score (nSPS) is 12.9. The second-order valence-corrected chi connectivity index (χ2v) is 6.91. The van der Waals surface area contributed by atoms with Crippen molar-refractivity contribution < 1.29 is 19.8 Å². The molecule has 0 bridgehead atoms. The molecule has 28 heavy (non-hydrogen) atoms. The molecule has 0 fully saturated rings. The molecule has 0 spiro atoms. The van der Waals surface area contributed by atoms with Crippen LogP contribution in [0.25, 0.3) is 0 Å². The van der Waals surface area contributed by atoms with Gasteiger partial charge in [-0.3, -0.25) is 9.59 Å². The highest BCUT2D eigenvalue weighted by atomic mass is 16.3. The molecular weight excluding hydrogens is 356 g/mol. The molecule has 6 heteroatoms. The first kappa shape index (κ1) is 21.6. The van der Waals surface area contributed by atoms with Gasteiger partial charge in [0, 0.05) is 24.2 Å². The number of amides is 2. The summed E-state index contributed by atoms with van der Waals surface area (Å²) in [6.45, 7) is 3.35. The molecule has 2 amide bonds. The van der Waals surface area contributed by atoms with Crippen LogP contribution in [0, 0.1) is 0 Å². The Hall–Kier alpha value is -2.70. The molecule has 0 aliphatic carbocycles. The van der Waals surface area contributed by atoms with E-state index in [1.54, 1.807) is 62.4 Å². The Morgan fingerprint density at radius 1 is 0.786 bits per heavy atom. The van der Waals surface area contributed by atoms with Crippen molar-refractivity contribution in [2.24, 2.45) is 0 Å². The molecular formula is C22H28N2O4. The van der Waals surface area contributed by atoms with E-state index in [9.17, 15) is 19.8 Å². The molecule has 0 unspecified atom stereocenters. The molecule has 0 aliphatic heterocycles. The zero-order valence-electron chi connectivity index (χ0n) is 16.3. The molecule has 2 aromatic rings. The second-order valence-electron chi connectivity index (χ2n) is 6.91. The third kappa shape index (κ3) is 7.13. The van der Waals surface area contributed by atoms with Gasteiger partial charge in [-0.2, -0.15) is 0 Å². The highest BCUT2D eigenvalue weighted by molar-refractivity contribution is 5.91. The van der Waals surface area contributed by atoms with E-state index in [2.05, 4.69) is 10.6 Å². The maximum absolute atomic E-state index is 12.0. The predicted molar refractivity (Wildman–Crippen MR) is 110 cm³/mol. The van der Waals surface area contributed by atoms with Gasteiger partial charge in [-0.15, -0.1) is 0 Å². The number of anilines is 2. The minimum Gasteiger partial charge on any atom is -0.389 e. The largest absolute Gasteiger partial charge is 0.389 e. The minimum atomic E-state index is -0.586. The number of aliphatic hydroxyl groups is 2. The van der Waals surface area contributed by atoms with E-state index in [1.165, 1.54) is 0 Å². The molecule has 2 atom stereocenters. The van der Waals surface area contributed by atoms with Crippen molar-refractivity contribution >= 4 is 23.2 Å². The maximum Gasteiger partial charge on any atom is 0.224 e. The van der Waals surface area contributed by atoms with Crippen molar-refractivity contribution in [2.75, 3.05) is 10.6 Å². The fraction of sp³-hybridized carbons (Fsp3) is 0.364. The zero-order valence-corrected chi connectivity index (χ0v) is 16.3. The third-order valence-electron chi connectivity index (χ3n) is 4.36. The van der Waals surface area contributed by atoms with E-state index in [4.69, 9.17) is 0 Å². The Morgan fingerprint density at radius 3 is 1.54 bits per heavy atom. The topological polar surface area (TPSA) is 98.7 Å². The lowest BCUT2D eigenvalue weighted by molar-refractivity contribution is -0.118. The molecule has 0 radical (unpaired) electrons. The standard InChI is InChI=1S/C22H28N2O4/c1-15(25)17-7-5-9-19(13-17)23-21(27)11-3-4-12-22(28)24-20-10-6-8-18(14-20)16(2)26/h5-10,13-16,25-26H,3-4,11-12H2,1-2H3,(H,23,27)(H,24,28)/t15-,16+. The SMILES string of the molecule is C[C@H](O)c1cccc(NC(=O)CCCCC(=O)Nc2cccc([C@@H](C)O)c2)c1. The first-order chi connectivity index (χ1) is 13.3. The number of carbonyl (C=O) groups is 2. The van der Waals surface area contributed by atoms with Gasteiger partial charge in [0.15, 0.2) is 0 Å². The van der Waals surface area contributed by atoms with E-state index in [1.807, 2.05) is 0 Å². The van der Waals surface area contributed by atoms with Gasteiger partial charge in [-0.05, 0) is 62.1 Å². The summed E-state index contributed by atoms with van der Waals surface area (Å²) in [5, 5.41) is 24.8. The van der Waals surface area contributed by atoms with Crippen LogP contribution in [0.1, 0.15) is 62.9 Å². The Kier molecular flexibility index (Phi) is 8.17. The van der Waals surface area contributed by atoms with Gasteiger partial charge >= 0.3 is 0 Å². The van der Waals surface area contributed by atoms with E-state index >= 15 is 0 Å². The summed E-state index contributed by atoms with van der Waals surface area (Å²) in [5.74, 6) is -0.236. The summed E-state index contributed by atoms with van der Waals surface area (Å²) in [7, 11) is 0. The Labute approximate surface area is 165 Å². The predicted octanol–water partition coefficient (Wildman–Crippen LogP) is 3.93. The quantitative estimate of drug-likeness (QED) is 0.492. The van der Waals surface area contributed by atoms with Crippen molar-refractivity contribution in [1.82, 2.24) is 0 Å². The Bertz CT molecular complexity index is 735. The van der Waals surface area contributed by atoms with Crippen molar-refractivity contribution in [1.29, 1.82) is 0 Å². The first-order valence-electron chi connectivity index (χ1n) is 9.51. The molecule has 2 rings (SSSR count). The first-order valence-corrected chi connectivity index (χ1v) is 9.51.